The molecule has 2 heterocycles. The van der Waals surface area contributed by atoms with Crippen LogP contribution in [-0.2, 0) is 22.4 Å². The molecule has 6 heteroatoms. The van der Waals surface area contributed by atoms with Crippen molar-refractivity contribution in [3.8, 4) is 0 Å². The molecule has 0 radical (unpaired) electrons. The fraction of sp³-hybridized carbons (Fsp3) is 0.300. The van der Waals surface area contributed by atoms with Gasteiger partial charge in [0.2, 0.25) is 0 Å². The maximum absolute atomic E-state index is 13.1. The standard InChI is InChI=1S/C20H18N4O2/c1-12-4-2-7-16(10-12)24-18-17(21-22-24)19(25)23(20(18)26)15-9-8-13-5-3-6-14(13)11-15/h2,4,7-11,17-18H,3,5-6H2,1H3/t17-,18+/m0/s1. The van der Waals surface area contributed by atoms with Gasteiger partial charge >= 0.3 is 0 Å². The number of carbonyl (C=O) groups excluding carboxylic acids is 2. The average molecular weight is 346 g/mol. The van der Waals surface area contributed by atoms with E-state index in [4.69, 9.17) is 0 Å². The Morgan fingerprint density at radius 1 is 0.962 bits per heavy atom. The van der Waals surface area contributed by atoms with Gasteiger partial charge in [0.1, 0.15) is 0 Å². The summed E-state index contributed by atoms with van der Waals surface area (Å²) in [6.07, 6.45) is 3.20. The van der Waals surface area contributed by atoms with Crippen LogP contribution >= 0.6 is 0 Å². The van der Waals surface area contributed by atoms with Gasteiger partial charge in [0.25, 0.3) is 11.8 Å². The van der Waals surface area contributed by atoms with Crippen molar-refractivity contribution in [2.75, 3.05) is 9.91 Å². The molecule has 5 rings (SSSR count). The number of amides is 2. The molecular weight excluding hydrogens is 328 g/mol. The van der Waals surface area contributed by atoms with Crippen LogP contribution in [-0.4, -0.2) is 23.9 Å². The number of carbonyl (C=O) groups is 2. The second-order valence-electron chi connectivity index (χ2n) is 7.10. The predicted molar refractivity (Wildman–Crippen MR) is 97.1 cm³/mol. The van der Waals surface area contributed by atoms with E-state index < -0.39 is 12.1 Å². The van der Waals surface area contributed by atoms with E-state index in [0.29, 0.717) is 5.69 Å². The van der Waals surface area contributed by atoms with E-state index in [1.807, 2.05) is 49.4 Å². The van der Waals surface area contributed by atoms with Crippen LogP contribution in [0.5, 0.6) is 0 Å². The van der Waals surface area contributed by atoms with Crippen LogP contribution in [0, 0.1) is 6.92 Å². The van der Waals surface area contributed by atoms with E-state index in [2.05, 4.69) is 10.3 Å². The van der Waals surface area contributed by atoms with Crippen LogP contribution in [0.4, 0.5) is 11.4 Å². The molecule has 130 valence electrons. The molecular formula is C20H18N4O2. The molecule has 0 aromatic heterocycles. The summed E-state index contributed by atoms with van der Waals surface area (Å²) in [4.78, 5) is 27.3. The van der Waals surface area contributed by atoms with Gasteiger partial charge in [-0.25, -0.2) is 9.91 Å². The summed E-state index contributed by atoms with van der Waals surface area (Å²) >= 11 is 0. The summed E-state index contributed by atoms with van der Waals surface area (Å²) in [6.45, 7) is 1.98. The highest BCUT2D eigenvalue weighted by Gasteiger charge is 2.55. The van der Waals surface area contributed by atoms with E-state index in [1.165, 1.54) is 16.0 Å². The van der Waals surface area contributed by atoms with Gasteiger partial charge in [-0.3, -0.25) is 9.59 Å². The lowest BCUT2D eigenvalue weighted by molar-refractivity contribution is -0.121. The number of imide groups is 1. The number of anilines is 2. The Balaban J connectivity index is 1.51. The Bertz CT molecular complexity index is 968. The van der Waals surface area contributed by atoms with Gasteiger partial charge in [-0.15, -0.1) is 0 Å². The van der Waals surface area contributed by atoms with Crippen LogP contribution in [0.1, 0.15) is 23.1 Å². The van der Waals surface area contributed by atoms with Gasteiger partial charge in [0, 0.05) is 0 Å². The second-order valence-corrected chi connectivity index (χ2v) is 7.10. The highest BCUT2D eigenvalue weighted by Crippen LogP contribution is 2.36. The predicted octanol–water partition coefficient (Wildman–Crippen LogP) is 2.98. The molecule has 2 atom stereocenters. The number of aryl methyl sites for hydroxylation is 3. The molecule has 1 fully saturated rings. The molecule has 0 unspecified atom stereocenters. The van der Waals surface area contributed by atoms with E-state index in [-0.39, 0.29) is 11.8 Å². The summed E-state index contributed by atoms with van der Waals surface area (Å²) in [6, 6.07) is 12.1. The second kappa shape index (κ2) is 5.49. The fourth-order valence-electron chi connectivity index (χ4n) is 4.10. The van der Waals surface area contributed by atoms with Crippen molar-refractivity contribution in [2.45, 2.75) is 38.3 Å². The van der Waals surface area contributed by atoms with Crippen LogP contribution in [0.25, 0.3) is 0 Å². The van der Waals surface area contributed by atoms with Crippen LogP contribution in [0.2, 0.25) is 0 Å². The molecule has 1 saturated heterocycles. The van der Waals surface area contributed by atoms with E-state index in [0.717, 1.165) is 30.5 Å². The monoisotopic (exact) mass is 346 g/mol. The molecule has 2 aliphatic heterocycles. The quantitative estimate of drug-likeness (QED) is 0.785. The Morgan fingerprint density at radius 2 is 1.81 bits per heavy atom. The summed E-state index contributed by atoms with van der Waals surface area (Å²) in [7, 11) is 0. The Kier molecular flexibility index (Phi) is 3.22. The van der Waals surface area contributed by atoms with E-state index >= 15 is 0 Å². The van der Waals surface area contributed by atoms with Crippen molar-refractivity contribution < 1.29 is 9.59 Å². The Morgan fingerprint density at radius 3 is 2.65 bits per heavy atom. The summed E-state index contributed by atoms with van der Waals surface area (Å²) in [5.41, 5.74) is 5.03. The van der Waals surface area contributed by atoms with Crippen molar-refractivity contribution in [1.82, 2.24) is 0 Å². The molecule has 26 heavy (non-hydrogen) atoms. The van der Waals surface area contributed by atoms with E-state index in [9.17, 15) is 9.59 Å². The molecule has 2 aromatic rings. The van der Waals surface area contributed by atoms with Crippen molar-refractivity contribution in [3.63, 3.8) is 0 Å². The Hall–Kier alpha value is -3.02. The Labute approximate surface area is 151 Å². The minimum atomic E-state index is -0.767. The van der Waals surface area contributed by atoms with Crippen LogP contribution < -0.4 is 9.91 Å². The van der Waals surface area contributed by atoms with Gasteiger partial charge in [0.05, 0.1) is 11.4 Å². The number of fused-ring (bicyclic) bond motifs is 2. The molecule has 2 amide bonds. The minimum Gasteiger partial charge on any atom is -0.271 e. The normalized spacial score (nSPS) is 23.7. The first-order valence-electron chi connectivity index (χ1n) is 8.90. The lowest BCUT2D eigenvalue weighted by Gasteiger charge is -2.21. The molecule has 0 N–H and O–H groups in total. The fourth-order valence-corrected chi connectivity index (χ4v) is 4.10. The number of hydrogen-bond donors (Lipinski definition) is 0. The highest BCUT2D eigenvalue weighted by molar-refractivity contribution is 6.26. The third-order valence-corrected chi connectivity index (χ3v) is 5.39. The van der Waals surface area contributed by atoms with Crippen molar-refractivity contribution in [3.05, 3.63) is 59.2 Å². The first-order valence-corrected chi connectivity index (χ1v) is 8.90. The number of rotatable bonds is 2. The zero-order valence-electron chi connectivity index (χ0n) is 14.4. The lowest BCUT2D eigenvalue weighted by atomic mass is 10.1. The van der Waals surface area contributed by atoms with Gasteiger partial charge < -0.3 is 0 Å². The molecule has 6 nitrogen and oxygen atoms in total. The van der Waals surface area contributed by atoms with Crippen LogP contribution in [0.3, 0.4) is 0 Å². The molecule has 3 aliphatic rings. The third kappa shape index (κ3) is 2.11. The molecule has 0 spiro atoms. The molecule has 1 aliphatic carbocycles. The van der Waals surface area contributed by atoms with Crippen molar-refractivity contribution in [1.29, 1.82) is 0 Å². The highest BCUT2D eigenvalue weighted by atomic mass is 16.2. The third-order valence-electron chi connectivity index (χ3n) is 5.39. The molecule has 0 bridgehead atoms. The van der Waals surface area contributed by atoms with Gasteiger partial charge in [0.15, 0.2) is 12.1 Å². The summed E-state index contributed by atoms with van der Waals surface area (Å²) in [5.74, 6) is -0.554. The maximum Gasteiger partial charge on any atom is 0.263 e. The largest absolute Gasteiger partial charge is 0.271 e. The van der Waals surface area contributed by atoms with Gasteiger partial charge in [-0.05, 0) is 67.1 Å². The summed E-state index contributed by atoms with van der Waals surface area (Å²) in [5, 5.41) is 9.79. The number of benzene rings is 2. The number of nitrogens with zero attached hydrogens (tertiary/aromatic N) is 4. The lowest BCUT2D eigenvalue weighted by Crippen LogP contribution is -2.40. The smallest absolute Gasteiger partial charge is 0.263 e. The zero-order chi connectivity index (χ0) is 17.8. The van der Waals surface area contributed by atoms with Gasteiger partial charge in [-0.2, -0.15) is 5.11 Å². The van der Waals surface area contributed by atoms with Gasteiger partial charge in [-0.1, -0.05) is 23.4 Å². The topological polar surface area (TPSA) is 65.3 Å². The van der Waals surface area contributed by atoms with E-state index in [1.54, 1.807) is 5.01 Å². The minimum absolute atomic E-state index is 0.260. The first kappa shape index (κ1) is 15.3. The first-order chi connectivity index (χ1) is 12.6. The average Bonchev–Trinajstić information content (AvgIpc) is 3.32. The molecule has 0 saturated carbocycles. The summed E-state index contributed by atoms with van der Waals surface area (Å²) < 4.78 is 0. The SMILES string of the molecule is Cc1cccc(N2N=N[C@@H]3C(=O)N(c4ccc5c(c4)CCC5)C(=O)[C@@H]32)c1. The number of hydrogen-bond acceptors (Lipinski definition) is 5. The zero-order valence-corrected chi connectivity index (χ0v) is 14.4. The van der Waals surface area contributed by atoms with Crippen molar-refractivity contribution >= 4 is 23.2 Å². The maximum atomic E-state index is 13.1. The van der Waals surface area contributed by atoms with Crippen molar-refractivity contribution in [2.24, 2.45) is 10.3 Å². The molecule has 2 aromatic carbocycles. The van der Waals surface area contributed by atoms with Crippen LogP contribution in [0.15, 0.2) is 52.8 Å².